The molecule has 14 heteroatoms. The van der Waals surface area contributed by atoms with Crippen LogP contribution in [-0.4, -0.2) is 43.1 Å². The minimum Gasteiger partial charge on any atom is -0.469 e. The molecule has 0 aliphatic carbocycles. The molecule has 0 fully saturated rings. The molecule has 0 spiro atoms. The number of hydrogen-bond acceptors (Lipinski definition) is 8. The van der Waals surface area contributed by atoms with Crippen LogP contribution in [0.15, 0.2) is 22.4 Å². The molecule has 182 valence electrons. The van der Waals surface area contributed by atoms with Gasteiger partial charge in [0.2, 0.25) is 0 Å². The van der Waals surface area contributed by atoms with Crippen molar-refractivity contribution in [1.29, 1.82) is 0 Å². The standard InChI is InChI=1S/C19H25F3N8O2S/c1-5-29-9-7-8-12-10-13(14(11-15(12)29)28-33-32-31-19(20,21)22)26-27-18-25-16(23-3)17(24-4)30(18)6-2/h10-11,28H,5-9H2,1-4H3/q-2. The fourth-order valence-corrected chi connectivity index (χ4v) is 3.96. The predicted molar refractivity (Wildman–Crippen MR) is 122 cm³/mol. The summed E-state index contributed by atoms with van der Waals surface area (Å²) in [5.41, 5.74) is 2.90. The molecule has 1 aromatic carbocycles. The fraction of sp³-hybridized carbons (Fsp3) is 0.526. The minimum absolute atomic E-state index is 0.287. The van der Waals surface area contributed by atoms with Crippen LogP contribution < -0.4 is 9.62 Å². The molecule has 0 unspecified atom stereocenters. The van der Waals surface area contributed by atoms with Gasteiger partial charge in [0, 0.05) is 18.8 Å². The Morgan fingerprint density at radius 2 is 1.97 bits per heavy atom. The van der Waals surface area contributed by atoms with Crippen molar-refractivity contribution in [1.82, 2.24) is 9.55 Å². The second-order valence-electron chi connectivity index (χ2n) is 6.91. The Labute approximate surface area is 194 Å². The lowest BCUT2D eigenvalue weighted by Gasteiger charge is -2.31. The first-order chi connectivity index (χ1) is 15.8. The summed E-state index contributed by atoms with van der Waals surface area (Å²) >= 11 is 0.287. The van der Waals surface area contributed by atoms with Crippen molar-refractivity contribution in [2.45, 2.75) is 39.6 Å². The van der Waals surface area contributed by atoms with Crippen LogP contribution >= 0.6 is 12.2 Å². The molecule has 1 aliphatic heterocycles. The van der Waals surface area contributed by atoms with Crippen molar-refractivity contribution in [2.75, 3.05) is 36.8 Å². The van der Waals surface area contributed by atoms with Gasteiger partial charge in [-0.1, -0.05) is 32.7 Å². The lowest BCUT2D eigenvalue weighted by atomic mass is 10.0. The molecular weight excluding hydrogens is 461 g/mol. The van der Waals surface area contributed by atoms with Crippen LogP contribution in [0.1, 0.15) is 25.8 Å². The van der Waals surface area contributed by atoms with E-state index in [0.717, 1.165) is 37.2 Å². The van der Waals surface area contributed by atoms with Gasteiger partial charge in [0.25, 0.3) is 0 Å². The molecule has 1 N–H and O–H groups in total. The van der Waals surface area contributed by atoms with Gasteiger partial charge in [-0.15, -0.1) is 27.5 Å². The van der Waals surface area contributed by atoms with Crippen LogP contribution in [-0.2, 0) is 22.2 Å². The third-order valence-electron chi connectivity index (χ3n) is 5.00. The third-order valence-corrected chi connectivity index (χ3v) is 5.44. The van der Waals surface area contributed by atoms with Crippen LogP contribution in [0, 0.1) is 0 Å². The Hall–Kier alpha value is -2.71. The van der Waals surface area contributed by atoms with Crippen LogP contribution in [0.2, 0.25) is 0 Å². The summed E-state index contributed by atoms with van der Waals surface area (Å²) in [6, 6.07) is 3.69. The number of nitrogens with one attached hydrogen (secondary N) is 1. The van der Waals surface area contributed by atoms with E-state index < -0.39 is 6.36 Å². The number of anilines is 2. The average Bonchev–Trinajstić information content (AvgIpc) is 3.15. The van der Waals surface area contributed by atoms with Crippen LogP contribution in [0.25, 0.3) is 10.6 Å². The fourth-order valence-electron chi connectivity index (χ4n) is 3.56. The van der Waals surface area contributed by atoms with E-state index in [2.05, 4.69) is 44.7 Å². The molecule has 0 saturated heterocycles. The van der Waals surface area contributed by atoms with E-state index in [1.165, 1.54) is 0 Å². The summed E-state index contributed by atoms with van der Waals surface area (Å²) in [7, 11) is 3.26. The van der Waals surface area contributed by atoms with E-state index >= 15 is 0 Å². The molecule has 0 saturated carbocycles. The zero-order valence-electron chi connectivity index (χ0n) is 18.7. The summed E-state index contributed by atoms with van der Waals surface area (Å²) in [5, 5.41) is 17.0. The van der Waals surface area contributed by atoms with Gasteiger partial charge in [0.05, 0.1) is 11.6 Å². The minimum atomic E-state index is -4.91. The first kappa shape index (κ1) is 24.9. The molecular formula is C19H25F3N8O2S-2. The largest absolute Gasteiger partial charge is 0.550 e. The van der Waals surface area contributed by atoms with E-state index in [0.29, 0.717) is 35.5 Å². The molecule has 2 heterocycles. The molecule has 10 nitrogen and oxygen atoms in total. The number of aromatic nitrogens is 2. The van der Waals surface area contributed by atoms with Gasteiger partial charge in [-0.05, 0) is 44.0 Å². The van der Waals surface area contributed by atoms with Crippen molar-refractivity contribution < 1.29 is 22.4 Å². The molecule has 0 amide bonds. The summed E-state index contributed by atoms with van der Waals surface area (Å²) in [5.74, 6) is 1.36. The normalized spacial score (nSPS) is 14.0. The van der Waals surface area contributed by atoms with Crippen molar-refractivity contribution in [3.05, 3.63) is 28.3 Å². The summed E-state index contributed by atoms with van der Waals surface area (Å²) in [4.78, 5) is 9.91. The lowest BCUT2D eigenvalue weighted by molar-refractivity contribution is -0.440. The highest BCUT2D eigenvalue weighted by atomic mass is 32.2. The van der Waals surface area contributed by atoms with Gasteiger partial charge in [0.15, 0.2) is 0 Å². The van der Waals surface area contributed by atoms with Gasteiger partial charge in [-0.2, -0.15) is 5.11 Å². The topological polar surface area (TPSA) is 104 Å². The molecule has 1 aromatic heterocycles. The number of imidazole rings is 1. The van der Waals surface area contributed by atoms with Crippen molar-refractivity contribution in [2.24, 2.45) is 10.2 Å². The van der Waals surface area contributed by atoms with Crippen LogP contribution in [0.3, 0.4) is 0 Å². The third kappa shape index (κ3) is 6.00. The maximum absolute atomic E-state index is 12.2. The number of benzene rings is 1. The van der Waals surface area contributed by atoms with Gasteiger partial charge < -0.3 is 29.8 Å². The zero-order valence-corrected chi connectivity index (χ0v) is 19.5. The summed E-state index contributed by atoms with van der Waals surface area (Å²) in [6.07, 6.45) is -3.06. The quantitative estimate of drug-likeness (QED) is 0.0988. The number of alkyl halides is 3. The Balaban J connectivity index is 1.93. The van der Waals surface area contributed by atoms with E-state index in [-0.39, 0.29) is 12.2 Å². The van der Waals surface area contributed by atoms with E-state index in [1.54, 1.807) is 18.7 Å². The predicted octanol–water partition coefficient (Wildman–Crippen LogP) is 6.80. The number of hydrogen-bond donors (Lipinski definition) is 1. The smallest absolute Gasteiger partial charge is 0.469 e. The number of rotatable bonds is 10. The van der Waals surface area contributed by atoms with Gasteiger partial charge >= 0.3 is 6.36 Å². The first-order valence-electron chi connectivity index (χ1n) is 10.3. The summed E-state index contributed by atoms with van der Waals surface area (Å²) < 4.78 is 45.2. The number of nitrogens with zero attached hydrogens (tertiary/aromatic N) is 7. The van der Waals surface area contributed by atoms with Crippen molar-refractivity contribution in [3.8, 4) is 0 Å². The number of fused-ring (bicyclic) bond motifs is 1. The maximum atomic E-state index is 12.2. The number of halogens is 3. The van der Waals surface area contributed by atoms with Crippen LogP contribution in [0.4, 0.5) is 47.8 Å². The molecule has 0 radical (unpaired) electrons. The molecule has 1 aliphatic rings. The summed E-state index contributed by atoms with van der Waals surface area (Å²) in [6.45, 7) is 6.22. The first-order valence-corrected chi connectivity index (χ1v) is 11.0. The van der Waals surface area contributed by atoms with Gasteiger partial charge in [0.1, 0.15) is 17.9 Å². The van der Waals surface area contributed by atoms with Gasteiger partial charge in [-0.25, -0.2) is 0 Å². The Kier molecular flexibility index (Phi) is 8.26. The Morgan fingerprint density at radius 3 is 2.61 bits per heavy atom. The molecule has 0 atom stereocenters. The van der Waals surface area contributed by atoms with Crippen LogP contribution in [0.5, 0.6) is 0 Å². The highest BCUT2D eigenvalue weighted by molar-refractivity contribution is 7.95. The highest BCUT2D eigenvalue weighted by Crippen LogP contribution is 2.40. The molecule has 3 rings (SSSR count). The Bertz CT molecular complexity index is 983. The second-order valence-corrected chi connectivity index (χ2v) is 7.42. The monoisotopic (exact) mass is 486 g/mol. The van der Waals surface area contributed by atoms with Gasteiger partial charge in [-0.3, -0.25) is 0 Å². The SMILES string of the molecule is CCN1CCCc2cc(N=Nc3nc([N-]C)c([N-]C)n3CC)c(NSOOC(F)(F)F)cc21. The molecule has 2 aromatic rings. The zero-order chi connectivity index (χ0) is 24.0. The molecule has 33 heavy (non-hydrogen) atoms. The molecule has 0 bridgehead atoms. The number of azo groups is 1. The van der Waals surface area contributed by atoms with E-state index in [9.17, 15) is 13.2 Å². The number of aryl methyl sites for hydroxylation is 1. The Morgan fingerprint density at radius 1 is 1.18 bits per heavy atom. The van der Waals surface area contributed by atoms with Crippen molar-refractivity contribution in [3.63, 3.8) is 0 Å². The average molecular weight is 487 g/mol. The van der Waals surface area contributed by atoms with Crippen molar-refractivity contribution >= 4 is 46.9 Å². The highest BCUT2D eigenvalue weighted by Gasteiger charge is 2.31. The van der Waals surface area contributed by atoms with E-state index in [1.807, 2.05) is 26.0 Å². The second kappa shape index (κ2) is 10.9. The maximum Gasteiger partial charge on any atom is 0.550 e. The van der Waals surface area contributed by atoms with E-state index in [4.69, 9.17) is 0 Å². The lowest BCUT2D eigenvalue weighted by Crippen LogP contribution is -2.28.